The Hall–Kier alpha value is -7.29. The summed E-state index contributed by atoms with van der Waals surface area (Å²) < 4.78 is 28.8. The van der Waals surface area contributed by atoms with E-state index in [1.54, 1.807) is 36.4 Å². The average molecular weight is 1460 g/mol. The standard InChI is InChI=1S/C20H29NO2.C19H27NO2.2C18H26N2O.C17H24N2O/c22-20(17-7-2-3-8-17)18-9-11-19(12-10-18)23-16-6-15-21-13-4-1-5-14-21;21-19(16-6-4-7-16)17-8-10-18(11-9-17)22-15-5-14-20-12-2-1-3-13-20;2*1-3-16-6-5-15(2)20(14-16)11-4-12-21-18-9-7-17(13-19)8-10-18;1-14-10-15(2)13-19(12-14)8-3-9-20-17-6-4-16(11-18)5-7-17/h9-12,17H,1-8,13-16H2;8-11,16H,1-7,12-15H2;2*7-10,15-16H,3-6,11-12,14H2,1-2H3;4-7,14-15H,3,8-10,12-13H2,1-2H3. The van der Waals surface area contributed by atoms with Crippen molar-refractivity contribution in [3.63, 3.8) is 0 Å². The predicted octanol–water partition coefficient (Wildman–Crippen LogP) is 19.2. The second-order valence-corrected chi connectivity index (χ2v) is 31.7. The minimum atomic E-state index is 0.256. The fraction of sp³-hybridized carbons (Fsp3) is 0.620. The molecule has 5 heterocycles. The maximum absolute atomic E-state index is 12.3. The zero-order valence-corrected chi connectivity index (χ0v) is 66.5. The van der Waals surface area contributed by atoms with Gasteiger partial charge in [0.1, 0.15) is 28.7 Å². The molecule has 0 spiro atoms. The van der Waals surface area contributed by atoms with Gasteiger partial charge in [0.25, 0.3) is 0 Å². The maximum atomic E-state index is 12.3. The molecule has 0 aromatic heterocycles. The highest BCUT2D eigenvalue weighted by Gasteiger charge is 2.29. The van der Waals surface area contributed by atoms with Gasteiger partial charge < -0.3 is 48.2 Å². The van der Waals surface area contributed by atoms with Gasteiger partial charge in [0.15, 0.2) is 11.6 Å². The van der Waals surface area contributed by atoms with Gasteiger partial charge in [-0.3, -0.25) is 9.59 Å². The van der Waals surface area contributed by atoms with Crippen LogP contribution in [0, 0.1) is 69.5 Å². The largest absolute Gasteiger partial charge is 0.494 e. The average Bonchev–Trinajstić information content (AvgIpc) is 1.86. The Bertz CT molecular complexity index is 3280. The monoisotopic (exact) mass is 1460 g/mol. The summed E-state index contributed by atoms with van der Waals surface area (Å²) >= 11 is 0. The highest BCUT2D eigenvalue weighted by atomic mass is 16.5. The van der Waals surface area contributed by atoms with Crippen LogP contribution in [0.25, 0.3) is 0 Å². The Kier molecular flexibility index (Phi) is 39.1. The van der Waals surface area contributed by atoms with Gasteiger partial charge in [-0.15, -0.1) is 0 Å². The highest BCUT2D eigenvalue weighted by molar-refractivity contribution is 5.98. The molecule has 5 saturated heterocycles. The lowest BCUT2D eigenvalue weighted by molar-refractivity contribution is 0.0854. The number of nitriles is 3. The van der Waals surface area contributed by atoms with Gasteiger partial charge in [-0.25, -0.2) is 0 Å². The summed E-state index contributed by atoms with van der Waals surface area (Å²) in [5.74, 6) is 8.86. The summed E-state index contributed by atoms with van der Waals surface area (Å²) in [5, 5.41) is 26.2. The third-order valence-corrected chi connectivity index (χ3v) is 23.0. The lowest BCUT2D eigenvalue weighted by Crippen LogP contribution is -2.42. The summed E-state index contributed by atoms with van der Waals surface area (Å²) in [4.78, 5) is 37.3. The van der Waals surface area contributed by atoms with E-state index in [9.17, 15) is 9.59 Å². The van der Waals surface area contributed by atoms with Crippen molar-refractivity contribution in [2.45, 2.75) is 214 Å². The van der Waals surface area contributed by atoms with Crippen LogP contribution < -0.4 is 23.7 Å². The molecule has 0 radical (unpaired) electrons. The van der Waals surface area contributed by atoms with Crippen LogP contribution in [0.15, 0.2) is 121 Å². The summed E-state index contributed by atoms with van der Waals surface area (Å²) in [7, 11) is 0. The van der Waals surface area contributed by atoms with Crippen molar-refractivity contribution >= 4 is 11.6 Å². The summed E-state index contributed by atoms with van der Waals surface area (Å²) in [6, 6.07) is 45.2. The number of Topliss-reactive ketones (excluding diaryl/α,β-unsaturated/α-hetero) is 2. The third kappa shape index (κ3) is 31.7. The van der Waals surface area contributed by atoms with Gasteiger partial charge in [0.2, 0.25) is 0 Å². The lowest BCUT2D eigenvalue weighted by Gasteiger charge is -2.37. The van der Waals surface area contributed by atoms with Gasteiger partial charge in [-0.2, -0.15) is 15.8 Å². The minimum absolute atomic E-state index is 0.256. The molecule has 15 nitrogen and oxygen atoms in total. The first kappa shape index (κ1) is 85.3. The third-order valence-electron chi connectivity index (χ3n) is 23.0. The molecular formula is C92H132N8O7. The molecule has 0 bridgehead atoms. The zero-order valence-electron chi connectivity index (χ0n) is 66.5. The first-order chi connectivity index (χ1) is 52.3. The van der Waals surface area contributed by atoms with Gasteiger partial charge >= 0.3 is 0 Å². The molecule has 5 aromatic carbocycles. The topological polar surface area (TPSA) is 168 Å². The molecule has 0 N–H and O–H groups in total. The van der Waals surface area contributed by atoms with Gasteiger partial charge in [-0.05, 0) is 301 Å². The molecule has 7 fully saturated rings. The quantitative estimate of drug-likeness (QED) is 0.0303. The number of ether oxygens (including phenoxy) is 5. The molecule has 6 atom stereocenters. The highest BCUT2D eigenvalue weighted by Crippen LogP contribution is 2.32. The van der Waals surface area contributed by atoms with Crippen LogP contribution in [0.3, 0.4) is 0 Å². The van der Waals surface area contributed by atoms with E-state index < -0.39 is 0 Å². The van der Waals surface area contributed by atoms with Crippen LogP contribution in [-0.4, -0.2) is 166 Å². The van der Waals surface area contributed by atoms with Crippen LogP contribution in [0.5, 0.6) is 28.7 Å². The normalized spacial score (nSPS) is 21.6. The fourth-order valence-electron chi connectivity index (χ4n) is 16.1. The number of hydrogen-bond donors (Lipinski definition) is 0. The molecule has 107 heavy (non-hydrogen) atoms. The van der Waals surface area contributed by atoms with Gasteiger partial charge in [-0.1, -0.05) is 72.6 Å². The van der Waals surface area contributed by atoms with Gasteiger partial charge in [0, 0.05) is 93.9 Å². The predicted molar refractivity (Wildman–Crippen MR) is 433 cm³/mol. The van der Waals surface area contributed by atoms with Crippen molar-refractivity contribution in [3.8, 4) is 47.0 Å². The van der Waals surface area contributed by atoms with E-state index in [0.29, 0.717) is 40.3 Å². The molecule has 582 valence electrons. The second kappa shape index (κ2) is 49.0. The van der Waals surface area contributed by atoms with E-state index in [0.717, 1.165) is 187 Å². The smallest absolute Gasteiger partial charge is 0.165 e. The molecule has 5 aliphatic heterocycles. The number of carbonyl (C=O) groups is 2. The maximum Gasteiger partial charge on any atom is 0.165 e. The molecule has 2 saturated carbocycles. The number of hydrogen-bond acceptors (Lipinski definition) is 15. The zero-order chi connectivity index (χ0) is 75.6. The summed E-state index contributed by atoms with van der Waals surface area (Å²) in [6.07, 6.45) is 30.7. The van der Waals surface area contributed by atoms with Crippen molar-refractivity contribution < 1.29 is 33.3 Å². The molecule has 5 aromatic rings. The number of nitrogens with zero attached hydrogens (tertiary/aromatic N) is 8. The molecular weight excluding hydrogens is 1330 g/mol. The molecule has 12 rings (SSSR count). The fourth-order valence-corrected chi connectivity index (χ4v) is 16.1. The van der Waals surface area contributed by atoms with Crippen molar-refractivity contribution in [3.05, 3.63) is 149 Å². The first-order valence-corrected chi connectivity index (χ1v) is 41.9. The second-order valence-electron chi connectivity index (χ2n) is 31.7. The first-order valence-electron chi connectivity index (χ1n) is 41.9. The Morgan fingerprint density at radius 2 is 0.654 bits per heavy atom. The van der Waals surface area contributed by atoms with E-state index in [1.165, 1.54) is 155 Å². The van der Waals surface area contributed by atoms with Crippen LogP contribution in [0.1, 0.15) is 239 Å². The SMILES string of the molecule is CC1CC(C)CN(CCCOc2ccc(C#N)cc2)C1.CCC1CCC(C)N(CCCOc2ccc(C#N)cc2)C1.CCC1CCC(C)N(CCCOc2ccc(C#N)cc2)C1.O=C(c1ccc(OCCCN2CCCCC2)cc1)C1CCC1.O=C(c1ccc(OCCCN2CCCCC2)cc1)C1CCCC1. The number of likely N-dealkylation sites (tertiary alicyclic amines) is 5. The van der Waals surface area contributed by atoms with E-state index in [-0.39, 0.29) is 11.8 Å². The molecule has 2 aliphatic carbocycles. The minimum Gasteiger partial charge on any atom is -0.494 e. The number of ketones is 2. The van der Waals surface area contributed by atoms with E-state index in [4.69, 9.17) is 39.5 Å². The Morgan fingerprint density at radius 3 is 0.953 bits per heavy atom. The van der Waals surface area contributed by atoms with E-state index in [1.807, 2.05) is 84.9 Å². The molecule has 15 heteroatoms. The molecule has 0 amide bonds. The van der Waals surface area contributed by atoms with Crippen LogP contribution >= 0.6 is 0 Å². The molecule has 6 unspecified atom stereocenters. The Labute approximate surface area is 645 Å². The number of piperidine rings is 5. The summed E-state index contributed by atoms with van der Waals surface area (Å²) in [6.45, 7) is 33.3. The van der Waals surface area contributed by atoms with Crippen molar-refractivity contribution in [1.82, 2.24) is 24.5 Å². The number of benzene rings is 5. The van der Waals surface area contributed by atoms with Crippen LogP contribution in [-0.2, 0) is 0 Å². The Morgan fingerprint density at radius 1 is 0.355 bits per heavy atom. The van der Waals surface area contributed by atoms with Crippen molar-refractivity contribution in [1.29, 1.82) is 15.8 Å². The van der Waals surface area contributed by atoms with E-state index >= 15 is 0 Å². The molecule has 7 aliphatic rings. The lowest BCUT2D eigenvalue weighted by atomic mass is 9.80. The Balaban J connectivity index is 0.000000169. The number of rotatable bonds is 31. The number of carbonyl (C=O) groups excluding carboxylic acids is 2. The van der Waals surface area contributed by atoms with E-state index in [2.05, 4.69) is 84.2 Å². The van der Waals surface area contributed by atoms with Crippen molar-refractivity contribution in [2.75, 3.05) is 118 Å². The summed E-state index contributed by atoms with van der Waals surface area (Å²) in [5.41, 5.74) is 3.71. The van der Waals surface area contributed by atoms with Crippen LogP contribution in [0.4, 0.5) is 0 Å². The van der Waals surface area contributed by atoms with Gasteiger partial charge in [0.05, 0.1) is 67.9 Å². The van der Waals surface area contributed by atoms with Crippen LogP contribution in [0.2, 0.25) is 0 Å². The van der Waals surface area contributed by atoms with Crippen molar-refractivity contribution in [2.24, 2.45) is 35.5 Å².